The van der Waals surface area contributed by atoms with Crippen LogP contribution in [0.4, 0.5) is 0 Å². The fourth-order valence-electron chi connectivity index (χ4n) is 1.24. The van der Waals surface area contributed by atoms with Crippen LogP contribution in [0.3, 0.4) is 0 Å². The molecule has 0 aromatic carbocycles. The van der Waals surface area contributed by atoms with Crippen molar-refractivity contribution in [3.63, 3.8) is 0 Å². The fraction of sp³-hybridized carbons (Fsp3) is 0.417. The first-order chi connectivity index (χ1) is 8.49. The van der Waals surface area contributed by atoms with E-state index >= 15 is 0 Å². The first-order valence-electron chi connectivity index (χ1n) is 5.57. The zero-order valence-corrected chi connectivity index (χ0v) is 11.9. The highest BCUT2D eigenvalue weighted by atomic mass is 79.9. The maximum Gasteiger partial charge on any atom is 0.307 e. The van der Waals surface area contributed by atoms with Crippen molar-refractivity contribution in [3.05, 3.63) is 28.5 Å². The molecule has 1 amide bonds. The Morgan fingerprint density at radius 3 is 2.78 bits per heavy atom. The monoisotopic (exact) mass is 314 g/mol. The normalized spacial score (nSPS) is 10.2. The second-order valence-electron chi connectivity index (χ2n) is 3.94. The number of amides is 1. The van der Waals surface area contributed by atoms with E-state index in [2.05, 4.69) is 26.2 Å². The molecule has 1 N–H and O–H groups in total. The molecule has 0 atom stereocenters. The summed E-state index contributed by atoms with van der Waals surface area (Å²) in [6, 6.07) is 1.66. The molecule has 5 nitrogen and oxygen atoms in total. The molecule has 0 radical (unpaired) electrons. The molecule has 0 saturated carbocycles. The van der Waals surface area contributed by atoms with Crippen LogP contribution in [0.15, 0.2) is 22.9 Å². The summed E-state index contributed by atoms with van der Waals surface area (Å²) in [5.41, 5.74) is 0.446. The number of aromatic nitrogens is 1. The Hall–Kier alpha value is -1.43. The standard InChI is InChI=1S/C12H15BrN2O3/c1-8(2)18-11(16)3-4-15-12(17)9-5-10(13)7-14-6-9/h5-8H,3-4H2,1-2H3,(H,15,17). The Labute approximate surface area is 114 Å². The van der Waals surface area contributed by atoms with Crippen LogP contribution in [0.5, 0.6) is 0 Å². The van der Waals surface area contributed by atoms with Crippen molar-refractivity contribution < 1.29 is 14.3 Å². The van der Waals surface area contributed by atoms with Crippen molar-refractivity contribution >= 4 is 27.8 Å². The van der Waals surface area contributed by atoms with Gasteiger partial charge in [-0.25, -0.2) is 0 Å². The molecule has 0 fully saturated rings. The van der Waals surface area contributed by atoms with Crippen molar-refractivity contribution in [1.29, 1.82) is 0 Å². The number of hydrogen-bond donors (Lipinski definition) is 1. The van der Waals surface area contributed by atoms with E-state index in [0.717, 1.165) is 4.47 Å². The quantitative estimate of drug-likeness (QED) is 0.843. The summed E-state index contributed by atoms with van der Waals surface area (Å²) in [6.07, 6.45) is 3.08. The first kappa shape index (κ1) is 14.6. The van der Waals surface area contributed by atoms with Gasteiger partial charge in [-0.05, 0) is 35.8 Å². The zero-order chi connectivity index (χ0) is 13.5. The second-order valence-corrected chi connectivity index (χ2v) is 4.85. The Morgan fingerprint density at radius 2 is 2.17 bits per heavy atom. The molecule has 0 aliphatic rings. The molecule has 1 aromatic heterocycles. The Bertz CT molecular complexity index is 435. The Kier molecular flexibility index (Phi) is 5.77. The summed E-state index contributed by atoms with van der Waals surface area (Å²) in [5.74, 6) is -0.584. The number of ether oxygens (including phenoxy) is 1. The van der Waals surface area contributed by atoms with Crippen LogP contribution in [-0.4, -0.2) is 29.5 Å². The third-order valence-corrected chi connectivity index (χ3v) is 2.38. The van der Waals surface area contributed by atoms with Gasteiger partial charge in [-0.2, -0.15) is 0 Å². The van der Waals surface area contributed by atoms with Gasteiger partial charge in [0.15, 0.2) is 0 Å². The smallest absolute Gasteiger partial charge is 0.307 e. The SMILES string of the molecule is CC(C)OC(=O)CCNC(=O)c1cncc(Br)c1. The fourth-order valence-corrected chi connectivity index (χ4v) is 1.60. The van der Waals surface area contributed by atoms with Crippen LogP contribution in [-0.2, 0) is 9.53 Å². The summed E-state index contributed by atoms with van der Waals surface area (Å²) >= 11 is 3.23. The highest BCUT2D eigenvalue weighted by Gasteiger charge is 2.08. The lowest BCUT2D eigenvalue weighted by Crippen LogP contribution is -2.27. The molecule has 98 valence electrons. The van der Waals surface area contributed by atoms with Gasteiger partial charge in [0.05, 0.1) is 18.1 Å². The van der Waals surface area contributed by atoms with Crippen molar-refractivity contribution in [2.75, 3.05) is 6.54 Å². The van der Waals surface area contributed by atoms with Gasteiger partial charge in [-0.1, -0.05) is 0 Å². The number of carbonyl (C=O) groups excluding carboxylic acids is 2. The Morgan fingerprint density at radius 1 is 1.44 bits per heavy atom. The van der Waals surface area contributed by atoms with Crippen LogP contribution < -0.4 is 5.32 Å². The van der Waals surface area contributed by atoms with Gasteiger partial charge >= 0.3 is 5.97 Å². The summed E-state index contributed by atoms with van der Waals surface area (Å²) in [5, 5.41) is 2.63. The molecule has 1 aromatic rings. The molecule has 18 heavy (non-hydrogen) atoms. The number of pyridine rings is 1. The summed E-state index contributed by atoms with van der Waals surface area (Å²) in [4.78, 5) is 26.8. The van der Waals surface area contributed by atoms with Gasteiger partial charge in [0, 0.05) is 23.4 Å². The summed E-state index contributed by atoms with van der Waals surface area (Å²) < 4.78 is 5.68. The van der Waals surface area contributed by atoms with Crippen LogP contribution in [0.25, 0.3) is 0 Å². The molecule has 0 unspecified atom stereocenters. The number of nitrogens with zero attached hydrogens (tertiary/aromatic N) is 1. The predicted octanol–water partition coefficient (Wildman–Crippen LogP) is 1.92. The third-order valence-electron chi connectivity index (χ3n) is 1.95. The molecule has 0 saturated heterocycles. The largest absolute Gasteiger partial charge is 0.463 e. The minimum Gasteiger partial charge on any atom is -0.463 e. The lowest BCUT2D eigenvalue weighted by Gasteiger charge is -2.08. The van der Waals surface area contributed by atoms with Crippen molar-refractivity contribution in [2.45, 2.75) is 26.4 Å². The van der Waals surface area contributed by atoms with Gasteiger partial charge in [0.25, 0.3) is 5.91 Å². The van der Waals surface area contributed by atoms with E-state index in [0.29, 0.717) is 5.56 Å². The van der Waals surface area contributed by atoms with Crippen LogP contribution in [0.2, 0.25) is 0 Å². The molecule has 1 heterocycles. The lowest BCUT2D eigenvalue weighted by atomic mass is 10.2. The van der Waals surface area contributed by atoms with E-state index in [1.807, 2.05) is 0 Å². The van der Waals surface area contributed by atoms with Gasteiger partial charge in [-0.3, -0.25) is 14.6 Å². The minimum absolute atomic E-state index is 0.137. The van der Waals surface area contributed by atoms with Gasteiger partial charge in [0.1, 0.15) is 0 Å². The molecule has 1 rings (SSSR count). The molecular formula is C12H15BrN2O3. The van der Waals surface area contributed by atoms with Gasteiger partial charge in [0.2, 0.25) is 0 Å². The topological polar surface area (TPSA) is 68.3 Å². The molecule has 6 heteroatoms. The average Bonchev–Trinajstić information content (AvgIpc) is 2.27. The van der Waals surface area contributed by atoms with E-state index in [-0.39, 0.29) is 30.9 Å². The maximum atomic E-state index is 11.7. The lowest BCUT2D eigenvalue weighted by molar-refractivity contribution is -0.147. The van der Waals surface area contributed by atoms with E-state index in [9.17, 15) is 9.59 Å². The first-order valence-corrected chi connectivity index (χ1v) is 6.36. The third kappa shape index (κ3) is 5.27. The number of nitrogens with one attached hydrogen (secondary N) is 1. The van der Waals surface area contributed by atoms with Gasteiger partial charge < -0.3 is 10.1 Å². The molecule has 0 aliphatic heterocycles. The maximum absolute atomic E-state index is 11.7. The van der Waals surface area contributed by atoms with Gasteiger partial charge in [-0.15, -0.1) is 0 Å². The number of hydrogen-bond acceptors (Lipinski definition) is 4. The average molecular weight is 315 g/mol. The number of carbonyl (C=O) groups is 2. The van der Waals surface area contributed by atoms with Crippen LogP contribution >= 0.6 is 15.9 Å². The highest BCUT2D eigenvalue weighted by Crippen LogP contribution is 2.09. The van der Waals surface area contributed by atoms with Crippen molar-refractivity contribution in [2.24, 2.45) is 0 Å². The number of rotatable bonds is 5. The summed E-state index contributed by atoms with van der Waals surface area (Å²) in [6.45, 7) is 3.81. The molecular weight excluding hydrogens is 300 g/mol. The molecule has 0 bridgehead atoms. The number of esters is 1. The zero-order valence-electron chi connectivity index (χ0n) is 10.3. The van der Waals surface area contributed by atoms with E-state index in [4.69, 9.17) is 4.74 Å². The van der Waals surface area contributed by atoms with E-state index < -0.39 is 0 Å². The van der Waals surface area contributed by atoms with Crippen LogP contribution in [0, 0.1) is 0 Å². The van der Waals surface area contributed by atoms with E-state index in [1.165, 1.54) is 6.20 Å². The number of halogens is 1. The molecule has 0 spiro atoms. The minimum atomic E-state index is -0.322. The van der Waals surface area contributed by atoms with Crippen molar-refractivity contribution in [1.82, 2.24) is 10.3 Å². The van der Waals surface area contributed by atoms with Crippen molar-refractivity contribution in [3.8, 4) is 0 Å². The molecule has 0 aliphatic carbocycles. The highest BCUT2D eigenvalue weighted by molar-refractivity contribution is 9.10. The summed E-state index contributed by atoms with van der Waals surface area (Å²) in [7, 11) is 0. The Balaban J connectivity index is 2.36. The second kappa shape index (κ2) is 7.10. The van der Waals surface area contributed by atoms with E-state index in [1.54, 1.807) is 26.1 Å². The predicted molar refractivity (Wildman–Crippen MR) is 70.1 cm³/mol. The van der Waals surface area contributed by atoms with Crippen LogP contribution in [0.1, 0.15) is 30.6 Å².